The Kier molecular flexibility index (Phi) is 4.68. The molecule has 0 saturated carbocycles. The van der Waals surface area contributed by atoms with Gasteiger partial charge in [-0.3, -0.25) is 9.78 Å². The van der Waals surface area contributed by atoms with Gasteiger partial charge in [0.25, 0.3) is 5.91 Å². The lowest BCUT2D eigenvalue weighted by molar-refractivity contribution is 0.0637. The van der Waals surface area contributed by atoms with Crippen LogP contribution < -0.4 is 5.32 Å². The summed E-state index contributed by atoms with van der Waals surface area (Å²) < 4.78 is 0. The van der Waals surface area contributed by atoms with E-state index in [1.54, 1.807) is 6.20 Å². The molecule has 0 bridgehead atoms. The molecule has 1 saturated heterocycles. The van der Waals surface area contributed by atoms with Gasteiger partial charge in [-0.05, 0) is 13.5 Å². The molecule has 6 nitrogen and oxygen atoms in total. The number of nitrogens with zero attached hydrogens (tertiary/aromatic N) is 4. The van der Waals surface area contributed by atoms with Gasteiger partial charge in [0, 0.05) is 32.7 Å². The first-order valence-corrected chi connectivity index (χ1v) is 6.82. The number of piperazine rings is 1. The normalized spacial score (nSPS) is 16.4. The molecule has 1 aliphatic heterocycles. The van der Waals surface area contributed by atoms with Gasteiger partial charge < -0.3 is 15.1 Å². The van der Waals surface area contributed by atoms with Crippen molar-refractivity contribution in [3.05, 3.63) is 18.1 Å². The minimum atomic E-state index is -0.0250. The van der Waals surface area contributed by atoms with Crippen molar-refractivity contribution < 1.29 is 4.79 Å². The fourth-order valence-electron chi connectivity index (χ4n) is 2.16. The number of aromatic nitrogens is 2. The van der Waals surface area contributed by atoms with Crippen LogP contribution in [0.15, 0.2) is 12.4 Å². The molecule has 1 N–H and O–H groups in total. The van der Waals surface area contributed by atoms with Crippen molar-refractivity contribution in [3.63, 3.8) is 0 Å². The predicted octanol–water partition coefficient (Wildman–Crippen LogP) is 0.686. The number of hydrogen-bond acceptors (Lipinski definition) is 5. The molecule has 6 heteroatoms. The molecule has 1 amide bonds. The number of rotatable bonds is 4. The average molecular weight is 263 g/mol. The van der Waals surface area contributed by atoms with Gasteiger partial charge in [0.15, 0.2) is 0 Å². The zero-order valence-corrected chi connectivity index (χ0v) is 11.6. The Morgan fingerprint density at radius 1 is 1.26 bits per heavy atom. The maximum absolute atomic E-state index is 12.3. The topological polar surface area (TPSA) is 61.4 Å². The number of carbonyl (C=O) groups is 1. The molecule has 0 unspecified atom stereocenters. The summed E-state index contributed by atoms with van der Waals surface area (Å²) in [4.78, 5) is 24.9. The number of nitrogens with one attached hydrogen (secondary N) is 1. The summed E-state index contributed by atoms with van der Waals surface area (Å²) in [5.41, 5.74) is 0.420. The molecule has 2 heterocycles. The zero-order valence-electron chi connectivity index (χ0n) is 11.6. The Morgan fingerprint density at radius 3 is 2.63 bits per heavy atom. The van der Waals surface area contributed by atoms with E-state index in [0.29, 0.717) is 11.5 Å². The third-order valence-corrected chi connectivity index (χ3v) is 3.32. The van der Waals surface area contributed by atoms with Crippen molar-refractivity contribution in [1.29, 1.82) is 0 Å². The van der Waals surface area contributed by atoms with Crippen molar-refractivity contribution in [1.82, 2.24) is 19.8 Å². The van der Waals surface area contributed by atoms with Gasteiger partial charge in [-0.15, -0.1) is 0 Å². The second-order valence-corrected chi connectivity index (χ2v) is 4.55. The van der Waals surface area contributed by atoms with Gasteiger partial charge in [-0.2, -0.15) is 0 Å². The molecule has 0 aromatic carbocycles. The lowest BCUT2D eigenvalue weighted by atomic mass is 10.3. The van der Waals surface area contributed by atoms with Gasteiger partial charge in [-0.1, -0.05) is 6.92 Å². The minimum Gasteiger partial charge on any atom is -0.369 e. The third-order valence-electron chi connectivity index (χ3n) is 3.32. The third kappa shape index (κ3) is 3.41. The standard InChI is InChI=1S/C13H21N5O/c1-3-15-12-10-14-9-11(16-12)13(19)18-7-5-17(4-2)6-8-18/h9-10H,3-8H2,1-2H3,(H,15,16). The van der Waals surface area contributed by atoms with Gasteiger partial charge in [0.2, 0.25) is 0 Å². The van der Waals surface area contributed by atoms with Crippen LogP contribution >= 0.6 is 0 Å². The van der Waals surface area contributed by atoms with Crippen LogP contribution in [0.25, 0.3) is 0 Å². The van der Waals surface area contributed by atoms with Crippen molar-refractivity contribution in [2.45, 2.75) is 13.8 Å². The second-order valence-electron chi connectivity index (χ2n) is 4.55. The SMILES string of the molecule is CCNc1cncc(C(=O)N2CCN(CC)CC2)n1. The molecule has 1 aromatic rings. The molecular weight excluding hydrogens is 242 g/mol. The van der Waals surface area contributed by atoms with Gasteiger partial charge in [0.1, 0.15) is 11.5 Å². The van der Waals surface area contributed by atoms with E-state index in [4.69, 9.17) is 0 Å². The van der Waals surface area contributed by atoms with Crippen LogP contribution in [0.4, 0.5) is 5.82 Å². The predicted molar refractivity (Wildman–Crippen MR) is 74.2 cm³/mol. The fourth-order valence-corrected chi connectivity index (χ4v) is 2.16. The summed E-state index contributed by atoms with van der Waals surface area (Å²) in [6.07, 6.45) is 3.17. The second kappa shape index (κ2) is 6.47. The van der Waals surface area contributed by atoms with Crippen LogP contribution in [0.1, 0.15) is 24.3 Å². The van der Waals surface area contributed by atoms with Crippen LogP contribution in [0.2, 0.25) is 0 Å². The number of likely N-dealkylation sites (N-methyl/N-ethyl adjacent to an activating group) is 1. The molecular formula is C13H21N5O. The zero-order chi connectivity index (χ0) is 13.7. The lowest BCUT2D eigenvalue weighted by Crippen LogP contribution is -2.48. The number of carbonyl (C=O) groups excluding carboxylic acids is 1. The van der Waals surface area contributed by atoms with Crippen LogP contribution in [0, 0.1) is 0 Å². The molecule has 0 spiro atoms. The van der Waals surface area contributed by atoms with Gasteiger partial charge in [0.05, 0.1) is 12.4 Å². The Balaban J connectivity index is 2.01. The van der Waals surface area contributed by atoms with E-state index in [9.17, 15) is 4.79 Å². The molecule has 19 heavy (non-hydrogen) atoms. The Bertz CT molecular complexity index is 429. The van der Waals surface area contributed by atoms with Crippen LogP contribution in [0.3, 0.4) is 0 Å². The summed E-state index contributed by atoms with van der Waals surface area (Å²) in [5.74, 6) is 0.628. The first-order chi connectivity index (χ1) is 9.24. The maximum Gasteiger partial charge on any atom is 0.274 e. The molecule has 2 rings (SSSR count). The van der Waals surface area contributed by atoms with E-state index in [0.717, 1.165) is 39.3 Å². The quantitative estimate of drug-likeness (QED) is 0.866. The van der Waals surface area contributed by atoms with Crippen LogP contribution in [0.5, 0.6) is 0 Å². The molecule has 1 aliphatic rings. The summed E-state index contributed by atoms with van der Waals surface area (Å²) in [5, 5.41) is 3.07. The van der Waals surface area contributed by atoms with E-state index in [-0.39, 0.29) is 5.91 Å². The monoisotopic (exact) mass is 263 g/mol. The van der Waals surface area contributed by atoms with Crippen LogP contribution in [-0.2, 0) is 0 Å². The maximum atomic E-state index is 12.3. The lowest BCUT2D eigenvalue weighted by Gasteiger charge is -2.33. The Labute approximate surface area is 113 Å². The molecule has 1 fully saturated rings. The van der Waals surface area contributed by atoms with Crippen molar-refractivity contribution >= 4 is 11.7 Å². The summed E-state index contributed by atoms with van der Waals surface area (Å²) in [7, 11) is 0. The van der Waals surface area contributed by atoms with Gasteiger partial charge >= 0.3 is 0 Å². The first kappa shape index (κ1) is 13.7. The fraction of sp³-hybridized carbons (Fsp3) is 0.615. The summed E-state index contributed by atoms with van der Waals surface area (Å²) in [6, 6.07) is 0. The van der Waals surface area contributed by atoms with Crippen molar-refractivity contribution in [2.75, 3.05) is 44.6 Å². The van der Waals surface area contributed by atoms with Crippen molar-refractivity contribution in [2.24, 2.45) is 0 Å². The van der Waals surface area contributed by atoms with E-state index in [1.165, 1.54) is 6.20 Å². The van der Waals surface area contributed by atoms with E-state index in [1.807, 2.05) is 11.8 Å². The van der Waals surface area contributed by atoms with E-state index in [2.05, 4.69) is 27.1 Å². The number of hydrogen-bond donors (Lipinski definition) is 1. The molecule has 1 aromatic heterocycles. The molecule has 0 atom stereocenters. The summed E-state index contributed by atoms with van der Waals surface area (Å²) >= 11 is 0. The highest BCUT2D eigenvalue weighted by Gasteiger charge is 2.22. The highest BCUT2D eigenvalue weighted by molar-refractivity contribution is 5.92. The minimum absolute atomic E-state index is 0.0250. The van der Waals surface area contributed by atoms with Crippen molar-refractivity contribution in [3.8, 4) is 0 Å². The smallest absolute Gasteiger partial charge is 0.274 e. The van der Waals surface area contributed by atoms with Crippen LogP contribution in [-0.4, -0.2) is 64.9 Å². The Hall–Kier alpha value is -1.69. The largest absolute Gasteiger partial charge is 0.369 e. The average Bonchev–Trinajstić information content (AvgIpc) is 2.47. The summed E-state index contributed by atoms with van der Waals surface area (Å²) in [6.45, 7) is 9.33. The first-order valence-electron chi connectivity index (χ1n) is 6.82. The van der Waals surface area contributed by atoms with Gasteiger partial charge in [-0.25, -0.2) is 4.98 Å². The molecule has 0 radical (unpaired) electrons. The number of amides is 1. The van der Waals surface area contributed by atoms with E-state index >= 15 is 0 Å². The highest BCUT2D eigenvalue weighted by Crippen LogP contribution is 2.08. The van der Waals surface area contributed by atoms with E-state index < -0.39 is 0 Å². The molecule has 104 valence electrons. The number of anilines is 1. The highest BCUT2D eigenvalue weighted by atomic mass is 16.2. The Morgan fingerprint density at radius 2 is 2.00 bits per heavy atom. The molecule has 0 aliphatic carbocycles.